The highest BCUT2D eigenvalue weighted by molar-refractivity contribution is 5.27. The molecular weight excluding hydrogens is 234 g/mol. The van der Waals surface area contributed by atoms with Crippen molar-refractivity contribution in [2.75, 3.05) is 13.1 Å². The first-order valence-corrected chi connectivity index (χ1v) is 7.92. The Labute approximate surface area is 118 Å². The van der Waals surface area contributed by atoms with E-state index in [1.165, 1.54) is 23.4 Å². The zero-order valence-electron chi connectivity index (χ0n) is 13.4. The normalized spacial score (nSPS) is 11.5. The third-order valence-corrected chi connectivity index (χ3v) is 3.64. The van der Waals surface area contributed by atoms with E-state index in [2.05, 4.69) is 44.6 Å². The van der Waals surface area contributed by atoms with Gasteiger partial charge in [0.05, 0.1) is 5.69 Å². The lowest BCUT2D eigenvalue weighted by atomic mass is 10.1. The van der Waals surface area contributed by atoms with Crippen LogP contribution in [0.15, 0.2) is 0 Å². The molecule has 1 aromatic heterocycles. The van der Waals surface area contributed by atoms with Gasteiger partial charge in [0.15, 0.2) is 0 Å². The molecule has 0 atom stereocenters. The summed E-state index contributed by atoms with van der Waals surface area (Å²) in [7, 11) is 0. The molecule has 0 saturated carbocycles. The molecular formula is C16H31N3. The van der Waals surface area contributed by atoms with Crippen LogP contribution in [0.5, 0.6) is 0 Å². The fourth-order valence-corrected chi connectivity index (χ4v) is 2.51. The molecule has 1 rings (SSSR count). The van der Waals surface area contributed by atoms with E-state index in [1.807, 2.05) is 0 Å². The fraction of sp³-hybridized carbons (Fsp3) is 0.812. The Kier molecular flexibility index (Phi) is 7.14. The minimum Gasteiger partial charge on any atom is -0.317 e. The van der Waals surface area contributed by atoms with E-state index in [0.29, 0.717) is 0 Å². The number of hydrogen-bond acceptors (Lipinski definition) is 2. The minimum atomic E-state index is 0.740. The Hall–Kier alpha value is -0.830. The zero-order valence-corrected chi connectivity index (χ0v) is 13.4. The number of hydrogen-bond donors (Lipinski definition) is 1. The molecule has 0 unspecified atom stereocenters. The SMILES string of the molecule is CCNCCc1c(CC)nn(CCC(C)C)c1CC. The van der Waals surface area contributed by atoms with Crippen molar-refractivity contribution in [3.05, 3.63) is 17.0 Å². The van der Waals surface area contributed by atoms with Crippen molar-refractivity contribution in [3.8, 4) is 0 Å². The van der Waals surface area contributed by atoms with Crippen LogP contribution in [0.4, 0.5) is 0 Å². The number of likely N-dealkylation sites (N-methyl/N-ethyl adjacent to an activating group) is 1. The molecule has 0 amide bonds. The zero-order chi connectivity index (χ0) is 14.3. The molecule has 0 fully saturated rings. The topological polar surface area (TPSA) is 29.9 Å². The molecule has 0 saturated heterocycles. The first-order chi connectivity index (χ1) is 9.13. The predicted octanol–water partition coefficient (Wildman–Crippen LogP) is 3.21. The summed E-state index contributed by atoms with van der Waals surface area (Å²) < 4.78 is 2.26. The summed E-state index contributed by atoms with van der Waals surface area (Å²) in [5, 5.41) is 8.26. The van der Waals surface area contributed by atoms with Crippen molar-refractivity contribution in [1.29, 1.82) is 0 Å². The van der Waals surface area contributed by atoms with Crippen molar-refractivity contribution in [1.82, 2.24) is 15.1 Å². The Morgan fingerprint density at radius 1 is 1.16 bits per heavy atom. The van der Waals surface area contributed by atoms with Crippen molar-refractivity contribution in [2.45, 2.75) is 66.8 Å². The molecule has 0 bridgehead atoms. The quantitative estimate of drug-likeness (QED) is 0.695. The highest BCUT2D eigenvalue weighted by atomic mass is 15.3. The van der Waals surface area contributed by atoms with Crippen LogP contribution in [0.2, 0.25) is 0 Å². The van der Waals surface area contributed by atoms with Gasteiger partial charge in [-0.3, -0.25) is 4.68 Å². The first kappa shape index (κ1) is 16.2. The Balaban J connectivity index is 2.86. The van der Waals surface area contributed by atoms with E-state index in [0.717, 1.165) is 44.8 Å². The maximum Gasteiger partial charge on any atom is 0.0657 e. The van der Waals surface area contributed by atoms with Gasteiger partial charge < -0.3 is 5.32 Å². The lowest BCUT2D eigenvalue weighted by Crippen LogP contribution is -2.17. The Bertz CT molecular complexity index is 366. The van der Waals surface area contributed by atoms with Crippen LogP contribution in [0.1, 0.15) is 58.0 Å². The van der Waals surface area contributed by atoms with Crippen molar-refractivity contribution >= 4 is 0 Å². The minimum absolute atomic E-state index is 0.740. The van der Waals surface area contributed by atoms with Gasteiger partial charge in [0.25, 0.3) is 0 Å². The largest absolute Gasteiger partial charge is 0.317 e. The van der Waals surface area contributed by atoms with Crippen LogP contribution in [-0.2, 0) is 25.8 Å². The molecule has 110 valence electrons. The van der Waals surface area contributed by atoms with Crippen LogP contribution in [0, 0.1) is 5.92 Å². The van der Waals surface area contributed by atoms with Gasteiger partial charge in [-0.2, -0.15) is 5.10 Å². The van der Waals surface area contributed by atoms with Crippen LogP contribution in [0.3, 0.4) is 0 Å². The van der Waals surface area contributed by atoms with Gasteiger partial charge in [-0.15, -0.1) is 0 Å². The summed E-state index contributed by atoms with van der Waals surface area (Å²) in [5.41, 5.74) is 4.25. The molecule has 3 heteroatoms. The molecule has 0 aliphatic heterocycles. The van der Waals surface area contributed by atoms with Crippen LogP contribution < -0.4 is 5.32 Å². The van der Waals surface area contributed by atoms with Gasteiger partial charge in [-0.1, -0.05) is 34.6 Å². The second-order valence-electron chi connectivity index (χ2n) is 5.59. The molecule has 3 nitrogen and oxygen atoms in total. The second kappa shape index (κ2) is 8.36. The van der Waals surface area contributed by atoms with E-state index in [1.54, 1.807) is 0 Å². The molecule has 0 spiro atoms. The van der Waals surface area contributed by atoms with E-state index in [-0.39, 0.29) is 0 Å². The summed E-state index contributed by atoms with van der Waals surface area (Å²) in [4.78, 5) is 0. The van der Waals surface area contributed by atoms with Gasteiger partial charge in [-0.05, 0) is 50.3 Å². The molecule has 1 aromatic rings. The number of nitrogens with one attached hydrogen (secondary N) is 1. The van der Waals surface area contributed by atoms with E-state index in [4.69, 9.17) is 5.10 Å². The predicted molar refractivity (Wildman–Crippen MR) is 82.7 cm³/mol. The van der Waals surface area contributed by atoms with Crippen molar-refractivity contribution in [2.24, 2.45) is 5.92 Å². The van der Waals surface area contributed by atoms with Gasteiger partial charge in [-0.25, -0.2) is 0 Å². The maximum absolute atomic E-state index is 4.84. The molecule has 0 aliphatic rings. The molecule has 0 aromatic carbocycles. The Morgan fingerprint density at radius 2 is 1.89 bits per heavy atom. The van der Waals surface area contributed by atoms with Gasteiger partial charge >= 0.3 is 0 Å². The molecule has 19 heavy (non-hydrogen) atoms. The number of nitrogens with zero attached hydrogens (tertiary/aromatic N) is 2. The average Bonchev–Trinajstić information content (AvgIpc) is 2.73. The summed E-state index contributed by atoms with van der Waals surface area (Å²) in [6, 6.07) is 0. The van der Waals surface area contributed by atoms with Crippen LogP contribution in [-0.4, -0.2) is 22.9 Å². The first-order valence-electron chi connectivity index (χ1n) is 7.92. The molecule has 0 radical (unpaired) electrons. The third-order valence-electron chi connectivity index (χ3n) is 3.64. The van der Waals surface area contributed by atoms with Crippen LogP contribution >= 0.6 is 0 Å². The van der Waals surface area contributed by atoms with E-state index < -0.39 is 0 Å². The monoisotopic (exact) mass is 265 g/mol. The van der Waals surface area contributed by atoms with Crippen LogP contribution in [0.25, 0.3) is 0 Å². The summed E-state index contributed by atoms with van der Waals surface area (Å²) in [5.74, 6) is 0.740. The van der Waals surface area contributed by atoms with Gasteiger partial charge in [0, 0.05) is 12.2 Å². The fourth-order valence-electron chi connectivity index (χ4n) is 2.51. The second-order valence-corrected chi connectivity index (χ2v) is 5.59. The molecule has 1 heterocycles. The summed E-state index contributed by atoms with van der Waals surface area (Å²) in [6.07, 6.45) is 4.46. The number of rotatable bonds is 9. The average molecular weight is 265 g/mol. The lowest BCUT2D eigenvalue weighted by molar-refractivity contribution is 0.474. The standard InChI is InChI=1S/C16H31N3/c1-6-15-14(9-11-17-8-3)16(7-2)19(18-15)12-10-13(4)5/h13,17H,6-12H2,1-5H3. The Morgan fingerprint density at radius 3 is 2.42 bits per heavy atom. The molecule has 0 aliphatic carbocycles. The van der Waals surface area contributed by atoms with Gasteiger partial charge in [0.1, 0.15) is 0 Å². The smallest absolute Gasteiger partial charge is 0.0657 e. The van der Waals surface area contributed by atoms with Gasteiger partial charge in [0.2, 0.25) is 0 Å². The third kappa shape index (κ3) is 4.64. The maximum atomic E-state index is 4.84. The van der Waals surface area contributed by atoms with E-state index >= 15 is 0 Å². The highest BCUT2D eigenvalue weighted by Crippen LogP contribution is 2.18. The van der Waals surface area contributed by atoms with E-state index in [9.17, 15) is 0 Å². The number of aryl methyl sites for hydroxylation is 2. The molecule has 1 N–H and O–H groups in total. The number of aromatic nitrogens is 2. The van der Waals surface area contributed by atoms with Crippen molar-refractivity contribution in [3.63, 3.8) is 0 Å². The summed E-state index contributed by atoms with van der Waals surface area (Å²) in [6.45, 7) is 14.4. The summed E-state index contributed by atoms with van der Waals surface area (Å²) >= 11 is 0. The highest BCUT2D eigenvalue weighted by Gasteiger charge is 2.14. The lowest BCUT2D eigenvalue weighted by Gasteiger charge is -2.09. The van der Waals surface area contributed by atoms with Crippen molar-refractivity contribution < 1.29 is 0 Å².